The molecule has 0 spiro atoms. The molecule has 0 saturated heterocycles. The zero-order valence-corrected chi connectivity index (χ0v) is 12.1. The highest BCUT2D eigenvalue weighted by Gasteiger charge is 2.55. The van der Waals surface area contributed by atoms with Gasteiger partial charge in [-0.1, -0.05) is 48.0 Å². The molecule has 0 nitrogen and oxygen atoms in total. The third kappa shape index (κ3) is 1.29. The largest absolute Gasteiger partial charge is 0.0837 e. The fraction of sp³-hybridized carbons (Fsp3) is 0.368. The second kappa shape index (κ2) is 3.89. The van der Waals surface area contributed by atoms with E-state index >= 15 is 0 Å². The topological polar surface area (TPSA) is 0 Å². The van der Waals surface area contributed by atoms with Crippen molar-refractivity contribution in [2.45, 2.75) is 31.1 Å². The Morgan fingerprint density at radius 1 is 0.800 bits per heavy atom. The molecule has 2 fully saturated rings. The van der Waals surface area contributed by atoms with Crippen LogP contribution in [0.15, 0.2) is 42.5 Å². The van der Waals surface area contributed by atoms with E-state index in [0.29, 0.717) is 0 Å². The van der Waals surface area contributed by atoms with Gasteiger partial charge >= 0.3 is 0 Å². The van der Waals surface area contributed by atoms with E-state index in [-0.39, 0.29) is 0 Å². The number of hydrogen-bond acceptors (Lipinski definition) is 0. The summed E-state index contributed by atoms with van der Waals surface area (Å²) < 4.78 is 0. The number of benzene rings is 2. The molecule has 20 heavy (non-hydrogen) atoms. The maximum Gasteiger partial charge on any atom is 0.0484 e. The van der Waals surface area contributed by atoms with Crippen LogP contribution < -0.4 is 0 Å². The molecule has 0 aromatic heterocycles. The summed E-state index contributed by atoms with van der Waals surface area (Å²) in [7, 11) is 0. The van der Waals surface area contributed by atoms with Gasteiger partial charge in [0.15, 0.2) is 0 Å². The molecule has 5 rings (SSSR count). The molecule has 100 valence electrons. The van der Waals surface area contributed by atoms with E-state index in [4.69, 9.17) is 11.6 Å². The van der Waals surface area contributed by atoms with Crippen molar-refractivity contribution in [2.75, 3.05) is 0 Å². The molecule has 2 aromatic rings. The second-order valence-electron chi connectivity index (χ2n) is 6.67. The lowest BCUT2D eigenvalue weighted by Gasteiger charge is -2.44. The number of fused-ring (bicyclic) bond motifs is 8. The molecule has 2 saturated carbocycles. The van der Waals surface area contributed by atoms with Gasteiger partial charge in [-0.15, -0.1) is 0 Å². The lowest BCUT2D eigenvalue weighted by Crippen LogP contribution is -2.30. The van der Waals surface area contributed by atoms with E-state index in [1.165, 1.54) is 30.4 Å². The Bertz CT molecular complexity index is 703. The van der Waals surface area contributed by atoms with Gasteiger partial charge in [0.1, 0.15) is 0 Å². The summed E-state index contributed by atoms with van der Waals surface area (Å²) in [6, 6.07) is 15.1. The standard InChI is InChI=1S/C19H17Cl/c20-16-7-2-1-4-13(16)14-5-3-6-15-17-11-8-9-12(10-11)18(17)19(14)15/h1-7,11-12,17-18H,8-10H2/t11-,12+,17-,18-/m1/s1. The molecule has 1 heteroatoms. The van der Waals surface area contributed by atoms with E-state index in [1.807, 2.05) is 12.1 Å². The lowest BCUT2D eigenvalue weighted by molar-refractivity contribution is 0.324. The number of hydrogen-bond donors (Lipinski definition) is 0. The van der Waals surface area contributed by atoms with Gasteiger partial charge in [0, 0.05) is 10.6 Å². The smallest absolute Gasteiger partial charge is 0.0484 e. The van der Waals surface area contributed by atoms with E-state index in [2.05, 4.69) is 30.3 Å². The van der Waals surface area contributed by atoms with Crippen LogP contribution in [0.3, 0.4) is 0 Å². The SMILES string of the molecule is Clc1ccccc1-c1cccc2c1[C@@H]1[C@H]3CC[C@H](C3)[C@H]21. The van der Waals surface area contributed by atoms with Crippen LogP contribution in [-0.2, 0) is 0 Å². The van der Waals surface area contributed by atoms with Gasteiger partial charge in [0.05, 0.1) is 0 Å². The third-order valence-electron chi connectivity index (χ3n) is 5.91. The van der Waals surface area contributed by atoms with Crippen molar-refractivity contribution in [3.8, 4) is 11.1 Å². The Balaban J connectivity index is 1.71. The molecule has 2 aromatic carbocycles. The Labute approximate surface area is 124 Å². The second-order valence-corrected chi connectivity index (χ2v) is 7.08. The molecule has 0 unspecified atom stereocenters. The van der Waals surface area contributed by atoms with Crippen LogP contribution in [0.2, 0.25) is 5.02 Å². The number of rotatable bonds is 1. The van der Waals surface area contributed by atoms with Gasteiger partial charge in [-0.05, 0) is 65.7 Å². The molecule has 0 radical (unpaired) electrons. The molecule has 2 bridgehead atoms. The third-order valence-corrected chi connectivity index (χ3v) is 6.24. The van der Waals surface area contributed by atoms with Gasteiger partial charge in [0.25, 0.3) is 0 Å². The Morgan fingerprint density at radius 2 is 1.55 bits per heavy atom. The van der Waals surface area contributed by atoms with Crippen LogP contribution in [0.1, 0.15) is 42.2 Å². The van der Waals surface area contributed by atoms with Crippen LogP contribution in [0.25, 0.3) is 11.1 Å². The van der Waals surface area contributed by atoms with E-state index in [9.17, 15) is 0 Å². The van der Waals surface area contributed by atoms with E-state index in [1.54, 1.807) is 11.1 Å². The first-order chi connectivity index (χ1) is 9.84. The zero-order valence-electron chi connectivity index (χ0n) is 11.4. The lowest BCUT2D eigenvalue weighted by atomic mass is 9.60. The highest BCUT2D eigenvalue weighted by molar-refractivity contribution is 6.33. The molecule has 4 atom stereocenters. The van der Waals surface area contributed by atoms with Crippen LogP contribution in [0, 0.1) is 11.8 Å². The van der Waals surface area contributed by atoms with Crippen LogP contribution in [0.5, 0.6) is 0 Å². The van der Waals surface area contributed by atoms with Crippen LogP contribution >= 0.6 is 11.6 Å². The summed E-state index contributed by atoms with van der Waals surface area (Å²) in [6.45, 7) is 0. The highest BCUT2D eigenvalue weighted by Crippen LogP contribution is 2.69. The first-order valence-corrected chi connectivity index (χ1v) is 8.10. The van der Waals surface area contributed by atoms with Crippen LogP contribution in [-0.4, -0.2) is 0 Å². The summed E-state index contributed by atoms with van der Waals surface area (Å²) in [5.74, 6) is 3.61. The van der Waals surface area contributed by atoms with Gasteiger partial charge in [-0.25, -0.2) is 0 Å². The Kier molecular flexibility index (Phi) is 2.21. The molecule has 3 aliphatic rings. The minimum atomic E-state index is 0.830. The molecule has 0 aliphatic heterocycles. The van der Waals surface area contributed by atoms with Crippen molar-refractivity contribution in [1.29, 1.82) is 0 Å². The first kappa shape index (κ1) is 11.4. The predicted octanol–water partition coefficient (Wildman–Crippen LogP) is 5.62. The molecule has 0 N–H and O–H groups in total. The number of halogens is 1. The normalized spacial score (nSPS) is 32.6. The van der Waals surface area contributed by atoms with Crippen molar-refractivity contribution in [1.82, 2.24) is 0 Å². The maximum atomic E-state index is 6.43. The van der Waals surface area contributed by atoms with Gasteiger partial charge in [-0.3, -0.25) is 0 Å². The van der Waals surface area contributed by atoms with Crippen molar-refractivity contribution in [3.05, 3.63) is 58.6 Å². The van der Waals surface area contributed by atoms with Crippen LogP contribution in [0.4, 0.5) is 0 Å². The van der Waals surface area contributed by atoms with Crippen molar-refractivity contribution in [3.63, 3.8) is 0 Å². The fourth-order valence-electron chi connectivity index (χ4n) is 5.22. The summed E-state index contributed by atoms with van der Waals surface area (Å²) in [5.41, 5.74) is 5.85. The fourth-order valence-corrected chi connectivity index (χ4v) is 5.46. The summed E-state index contributed by atoms with van der Waals surface area (Å²) in [6.07, 6.45) is 4.37. The minimum absolute atomic E-state index is 0.830. The Morgan fingerprint density at radius 3 is 2.40 bits per heavy atom. The summed E-state index contributed by atoms with van der Waals surface area (Å²) >= 11 is 6.43. The van der Waals surface area contributed by atoms with Crippen molar-refractivity contribution in [2.24, 2.45) is 11.8 Å². The summed E-state index contributed by atoms with van der Waals surface area (Å²) in [5, 5.41) is 0.882. The first-order valence-electron chi connectivity index (χ1n) is 7.72. The monoisotopic (exact) mass is 280 g/mol. The highest BCUT2D eigenvalue weighted by atomic mass is 35.5. The van der Waals surface area contributed by atoms with Crippen molar-refractivity contribution >= 4 is 11.6 Å². The minimum Gasteiger partial charge on any atom is -0.0837 e. The van der Waals surface area contributed by atoms with Gasteiger partial charge in [0.2, 0.25) is 0 Å². The average molecular weight is 281 g/mol. The van der Waals surface area contributed by atoms with Crippen molar-refractivity contribution < 1.29 is 0 Å². The molecular formula is C19H17Cl. The van der Waals surface area contributed by atoms with E-state index in [0.717, 1.165) is 28.7 Å². The summed E-state index contributed by atoms with van der Waals surface area (Å²) in [4.78, 5) is 0. The molecule has 0 heterocycles. The molecule has 0 amide bonds. The molecule has 3 aliphatic carbocycles. The zero-order chi connectivity index (χ0) is 13.3. The van der Waals surface area contributed by atoms with Gasteiger partial charge in [-0.2, -0.15) is 0 Å². The van der Waals surface area contributed by atoms with Gasteiger partial charge < -0.3 is 0 Å². The predicted molar refractivity (Wildman–Crippen MR) is 83.2 cm³/mol. The Hall–Kier alpha value is -1.27. The average Bonchev–Trinajstić information content (AvgIpc) is 3.01. The quantitative estimate of drug-likeness (QED) is 0.636. The molecular weight excluding hydrogens is 264 g/mol. The van der Waals surface area contributed by atoms with E-state index < -0.39 is 0 Å². The maximum absolute atomic E-state index is 6.43.